The van der Waals surface area contributed by atoms with Crippen LogP contribution in [0.25, 0.3) is 0 Å². The lowest BCUT2D eigenvalue weighted by Gasteiger charge is -2.24. The Morgan fingerprint density at radius 1 is 1.26 bits per heavy atom. The van der Waals surface area contributed by atoms with Gasteiger partial charge in [0.2, 0.25) is 5.91 Å². The molecule has 0 heterocycles. The Morgan fingerprint density at radius 3 is 2.32 bits per heavy atom. The molecular formula is C15H31NO3. The van der Waals surface area contributed by atoms with Crippen molar-refractivity contribution in [3.05, 3.63) is 0 Å². The van der Waals surface area contributed by atoms with Crippen LogP contribution in [0.2, 0.25) is 0 Å². The summed E-state index contributed by atoms with van der Waals surface area (Å²) < 4.78 is 5.69. The Bertz CT molecular complexity index is 244. The fourth-order valence-electron chi connectivity index (χ4n) is 2.15. The van der Waals surface area contributed by atoms with E-state index in [1.54, 1.807) is 7.05 Å². The van der Waals surface area contributed by atoms with E-state index in [9.17, 15) is 9.90 Å². The van der Waals surface area contributed by atoms with E-state index in [4.69, 9.17) is 4.74 Å². The number of carbonyl (C=O) groups is 1. The second kappa shape index (κ2) is 10.2. The lowest BCUT2D eigenvalue weighted by atomic mass is 9.89. The minimum Gasteiger partial charge on any atom is -0.396 e. The van der Waals surface area contributed by atoms with Crippen molar-refractivity contribution >= 4 is 5.91 Å². The van der Waals surface area contributed by atoms with Crippen LogP contribution in [0.3, 0.4) is 0 Å². The second-order valence-corrected chi connectivity index (χ2v) is 5.71. The van der Waals surface area contributed by atoms with E-state index in [1.165, 1.54) is 0 Å². The molecule has 0 rings (SSSR count). The molecule has 1 amide bonds. The molecule has 0 fully saturated rings. The summed E-state index contributed by atoms with van der Waals surface area (Å²) >= 11 is 0. The summed E-state index contributed by atoms with van der Waals surface area (Å²) in [7, 11) is 1.68. The van der Waals surface area contributed by atoms with Crippen molar-refractivity contribution in [1.82, 2.24) is 5.32 Å². The molecule has 2 N–H and O–H groups in total. The van der Waals surface area contributed by atoms with Gasteiger partial charge in [-0.2, -0.15) is 0 Å². The molecule has 0 radical (unpaired) electrons. The zero-order valence-electron chi connectivity index (χ0n) is 13.1. The van der Waals surface area contributed by atoms with Crippen LogP contribution in [0.1, 0.15) is 40.5 Å². The fourth-order valence-corrected chi connectivity index (χ4v) is 2.15. The van der Waals surface area contributed by atoms with Crippen molar-refractivity contribution in [2.75, 3.05) is 26.9 Å². The highest BCUT2D eigenvalue weighted by atomic mass is 16.5. The van der Waals surface area contributed by atoms with E-state index in [0.29, 0.717) is 19.1 Å². The zero-order valence-corrected chi connectivity index (χ0v) is 13.1. The highest BCUT2D eigenvalue weighted by molar-refractivity contribution is 5.78. The summed E-state index contributed by atoms with van der Waals surface area (Å²) in [4.78, 5) is 11.8. The molecule has 4 heteroatoms. The molecule has 4 nitrogen and oxygen atoms in total. The third-order valence-electron chi connectivity index (χ3n) is 3.76. The monoisotopic (exact) mass is 273 g/mol. The Labute approximate surface area is 117 Å². The van der Waals surface area contributed by atoms with Crippen LogP contribution in [-0.2, 0) is 9.53 Å². The Balaban J connectivity index is 4.18. The molecule has 0 aromatic heterocycles. The van der Waals surface area contributed by atoms with Crippen LogP contribution in [0, 0.1) is 23.7 Å². The van der Waals surface area contributed by atoms with Crippen LogP contribution in [0.15, 0.2) is 0 Å². The van der Waals surface area contributed by atoms with Gasteiger partial charge in [-0.1, -0.05) is 34.1 Å². The first-order chi connectivity index (χ1) is 8.97. The van der Waals surface area contributed by atoms with E-state index < -0.39 is 0 Å². The maximum atomic E-state index is 11.8. The third kappa shape index (κ3) is 6.92. The molecule has 3 atom stereocenters. The number of amides is 1. The molecule has 0 spiro atoms. The van der Waals surface area contributed by atoms with Gasteiger partial charge in [-0.15, -0.1) is 0 Å². The summed E-state index contributed by atoms with van der Waals surface area (Å²) in [6.45, 7) is 9.59. The number of aliphatic hydroxyl groups is 1. The molecule has 114 valence electrons. The Hall–Kier alpha value is -0.610. The molecule has 0 saturated heterocycles. The first-order valence-electron chi connectivity index (χ1n) is 7.38. The average molecular weight is 273 g/mol. The van der Waals surface area contributed by atoms with Gasteiger partial charge in [-0.05, 0) is 18.3 Å². The molecule has 0 saturated carbocycles. The van der Waals surface area contributed by atoms with Crippen molar-refractivity contribution in [3.8, 4) is 0 Å². The largest absolute Gasteiger partial charge is 0.396 e. The van der Waals surface area contributed by atoms with Crippen molar-refractivity contribution in [2.45, 2.75) is 40.5 Å². The summed E-state index contributed by atoms with van der Waals surface area (Å²) in [5.74, 6) is 0.899. The predicted octanol–water partition coefficient (Wildman–Crippen LogP) is 2.07. The summed E-state index contributed by atoms with van der Waals surface area (Å²) in [6, 6.07) is 0. The lowest BCUT2D eigenvalue weighted by molar-refractivity contribution is -0.127. The molecule has 0 aliphatic rings. The third-order valence-corrected chi connectivity index (χ3v) is 3.76. The van der Waals surface area contributed by atoms with Crippen LogP contribution in [0.5, 0.6) is 0 Å². The molecular weight excluding hydrogens is 242 g/mol. The van der Waals surface area contributed by atoms with Crippen LogP contribution >= 0.6 is 0 Å². The number of carbonyl (C=O) groups excluding carboxylic acids is 1. The smallest absolute Gasteiger partial charge is 0.223 e. The van der Waals surface area contributed by atoms with Gasteiger partial charge in [0.05, 0.1) is 6.61 Å². The minimum absolute atomic E-state index is 0.0154. The number of rotatable bonds is 10. The van der Waals surface area contributed by atoms with E-state index in [-0.39, 0.29) is 30.3 Å². The van der Waals surface area contributed by atoms with Crippen LogP contribution < -0.4 is 5.32 Å². The second-order valence-electron chi connectivity index (χ2n) is 5.71. The fraction of sp³-hybridized carbons (Fsp3) is 0.933. The SMILES string of the molecule is CCCC(C(=O)NC)C(C)COCC(CO)C(C)C. The number of nitrogens with one attached hydrogen (secondary N) is 1. The average Bonchev–Trinajstić information content (AvgIpc) is 2.39. The molecule has 0 aromatic carbocycles. The van der Waals surface area contributed by atoms with Crippen molar-refractivity contribution in [3.63, 3.8) is 0 Å². The Kier molecular flexibility index (Phi) is 9.88. The molecule has 0 aliphatic carbocycles. The van der Waals surface area contributed by atoms with Crippen LogP contribution in [0.4, 0.5) is 0 Å². The standard InChI is InChI=1S/C15H31NO3/c1-6-7-14(15(18)16-5)12(4)9-19-10-13(8-17)11(2)3/h11-14,17H,6-10H2,1-5H3,(H,16,18). The summed E-state index contributed by atoms with van der Waals surface area (Å²) in [5, 5.41) is 12.0. The zero-order chi connectivity index (χ0) is 14.8. The van der Waals surface area contributed by atoms with Crippen LogP contribution in [-0.4, -0.2) is 37.9 Å². The maximum Gasteiger partial charge on any atom is 0.223 e. The van der Waals surface area contributed by atoms with Gasteiger partial charge in [0, 0.05) is 32.1 Å². The van der Waals surface area contributed by atoms with Crippen molar-refractivity contribution in [2.24, 2.45) is 23.7 Å². The molecule has 19 heavy (non-hydrogen) atoms. The number of ether oxygens (including phenoxy) is 1. The summed E-state index contributed by atoms with van der Waals surface area (Å²) in [5.41, 5.74) is 0. The number of aliphatic hydroxyl groups excluding tert-OH is 1. The van der Waals surface area contributed by atoms with Gasteiger partial charge in [0.15, 0.2) is 0 Å². The number of hydrogen-bond donors (Lipinski definition) is 2. The van der Waals surface area contributed by atoms with E-state index in [2.05, 4.69) is 33.0 Å². The first-order valence-corrected chi connectivity index (χ1v) is 7.38. The maximum absolute atomic E-state index is 11.8. The van der Waals surface area contributed by atoms with Gasteiger partial charge < -0.3 is 15.2 Å². The van der Waals surface area contributed by atoms with E-state index in [0.717, 1.165) is 12.8 Å². The van der Waals surface area contributed by atoms with Gasteiger partial charge in [0.25, 0.3) is 0 Å². The molecule has 0 aliphatic heterocycles. The van der Waals surface area contributed by atoms with Gasteiger partial charge in [-0.25, -0.2) is 0 Å². The molecule has 3 unspecified atom stereocenters. The van der Waals surface area contributed by atoms with Crippen molar-refractivity contribution < 1.29 is 14.6 Å². The normalized spacial score (nSPS) is 16.2. The topological polar surface area (TPSA) is 58.6 Å². The van der Waals surface area contributed by atoms with E-state index >= 15 is 0 Å². The van der Waals surface area contributed by atoms with Gasteiger partial charge in [-0.3, -0.25) is 4.79 Å². The molecule has 0 bridgehead atoms. The first kappa shape index (κ1) is 18.4. The quantitative estimate of drug-likeness (QED) is 0.640. The minimum atomic E-state index is 0.0154. The highest BCUT2D eigenvalue weighted by Gasteiger charge is 2.24. The van der Waals surface area contributed by atoms with E-state index in [1.807, 2.05) is 0 Å². The highest BCUT2D eigenvalue weighted by Crippen LogP contribution is 2.19. The van der Waals surface area contributed by atoms with Gasteiger partial charge in [0.1, 0.15) is 0 Å². The number of hydrogen-bond acceptors (Lipinski definition) is 3. The van der Waals surface area contributed by atoms with Gasteiger partial charge >= 0.3 is 0 Å². The predicted molar refractivity (Wildman–Crippen MR) is 77.9 cm³/mol. The lowest BCUT2D eigenvalue weighted by Crippen LogP contribution is -2.34. The van der Waals surface area contributed by atoms with Crippen molar-refractivity contribution in [1.29, 1.82) is 0 Å². The Morgan fingerprint density at radius 2 is 1.89 bits per heavy atom. The summed E-state index contributed by atoms with van der Waals surface area (Å²) in [6.07, 6.45) is 1.88. The molecule has 0 aromatic rings.